The van der Waals surface area contributed by atoms with E-state index < -0.39 is 17.5 Å². The molecule has 3 nitrogen and oxygen atoms in total. The summed E-state index contributed by atoms with van der Waals surface area (Å²) in [7, 11) is 0. The predicted molar refractivity (Wildman–Crippen MR) is 67.3 cm³/mol. The molecule has 1 aromatic carbocycles. The number of fused-ring (bicyclic) bond motifs is 1. The van der Waals surface area contributed by atoms with Crippen molar-refractivity contribution in [2.75, 3.05) is 11.4 Å². The van der Waals surface area contributed by atoms with Gasteiger partial charge in [0.2, 0.25) is 0 Å². The number of aryl methyl sites for hydroxylation is 1. The lowest BCUT2D eigenvalue weighted by molar-refractivity contribution is -0.114. The first-order valence-corrected chi connectivity index (χ1v) is 6.12. The molecule has 2 rings (SSSR count). The lowest BCUT2D eigenvalue weighted by Gasteiger charge is -2.21. The Hall–Kier alpha value is -1.71. The third-order valence-corrected chi connectivity index (χ3v) is 3.41. The number of amides is 1. The number of benzene rings is 1. The quantitative estimate of drug-likeness (QED) is 0.772. The molecule has 1 aliphatic heterocycles. The summed E-state index contributed by atoms with van der Waals surface area (Å²) in [5, 5.41) is 0. The zero-order valence-electron chi connectivity index (χ0n) is 10.8. The number of ketones is 1. The largest absolute Gasteiger partial charge is 0.304 e. The summed E-state index contributed by atoms with van der Waals surface area (Å²) in [5.41, 5.74) is 1.40. The third-order valence-electron chi connectivity index (χ3n) is 3.41. The molecule has 1 aromatic rings. The summed E-state index contributed by atoms with van der Waals surface area (Å²) >= 11 is 0. The van der Waals surface area contributed by atoms with Crippen molar-refractivity contribution in [3.05, 3.63) is 29.1 Å². The van der Waals surface area contributed by atoms with E-state index in [9.17, 15) is 14.0 Å². The van der Waals surface area contributed by atoms with Crippen molar-refractivity contribution in [1.29, 1.82) is 0 Å². The molecule has 0 spiro atoms. The number of halogens is 1. The minimum absolute atomic E-state index is 0.195. The minimum Gasteiger partial charge on any atom is -0.304 e. The average molecular weight is 249 g/mol. The maximum atomic E-state index is 13.3. The molecule has 0 bridgehead atoms. The number of carbonyl (C=O) groups is 2. The van der Waals surface area contributed by atoms with Crippen molar-refractivity contribution in [3.63, 3.8) is 0 Å². The van der Waals surface area contributed by atoms with Crippen LogP contribution in [0.2, 0.25) is 0 Å². The second-order valence-electron chi connectivity index (χ2n) is 4.88. The summed E-state index contributed by atoms with van der Waals surface area (Å²) in [6.45, 7) is 6.28. The van der Waals surface area contributed by atoms with Gasteiger partial charge in [-0.25, -0.2) is 4.39 Å². The fraction of sp³-hybridized carbons (Fsp3) is 0.429. The smallest absolute Gasteiger partial charge is 0.299 e. The highest BCUT2D eigenvalue weighted by atomic mass is 19.1. The van der Waals surface area contributed by atoms with Gasteiger partial charge in [-0.3, -0.25) is 9.59 Å². The molecular formula is C14H16FNO2. The fourth-order valence-electron chi connectivity index (χ4n) is 2.22. The number of carbonyl (C=O) groups excluding carboxylic acids is 2. The Bertz CT molecular complexity index is 525. The van der Waals surface area contributed by atoms with Crippen LogP contribution in [-0.4, -0.2) is 18.2 Å². The highest BCUT2D eigenvalue weighted by Gasteiger charge is 2.37. The predicted octanol–water partition coefficient (Wildman–Crippen LogP) is 2.71. The van der Waals surface area contributed by atoms with Gasteiger partial charge >= 0.3 is 0 Å². The van der Waals surface area contributed by atoms with Gasteiger partial charge in [-0.05, 0) is 30.5 Å². The number of Topliss-reactive ketones (excluding diaryl/α,β-unsaturated/α-hetero) is 1. The number of rotatable bonds is 3. The molecule has 0 saturated heterocycles. The molecule has 0 aromatic heterocycles. The Morgan fingerprint density at radius 3 is 2.61 bits per heavy atom. The maximum Gasteiger partial charge on any atom is 0.299 e. The van der Waals surface area contributed by atoms with Crippen LogP contribution in [0.5, 0.6) is 0 Å². The number of hydrogen-bond donors (Lipinski definition) is 0. The summed E-state index contributed by atoms with van der Waals surface area (Å²) in [6.07, 6.45) is 0.924. The molecule has 18 heavy (non-hydrogen) atoms. The second-order valence-corrected chi connectivity index (χ2v) is 4.88. The first-order chi connectivity index (χ1) is 8.45. The van der Waals surface area contributed by atoms with Gasteiger partial charge in [-0.1, -0.05) is 20.3 Å². The van der Waals surface area contributed by atoms with Crippen LogP contribution in [0.15, 0.2) is 12.1 Å². The van der Waals surface area contributed by atoms with E-state index in [1.54, 1.807) is 6.92 Å². The normalized spacial score (nSPS) is 16.1. The van der Waals surface area contributed by atoms with Gasteiger partial charge in [0, 0.05) is 6.54 Å². The van der Waals surface area contributed by atoms with Gasteiger partial charge in [0.15, 0.2) is 0 Å². The first kappa shape index (κ1) is 12.7. The van der Waals surface area contributed by atoms with E-state index in [4.69, 9.17) is 0 Å². The van der Waals surface area contributed by atoms with Crippen molar-refractivity contribution in [2.45, 2.75) is 27.2 Å². The first-order valence-electron chi connectivity index (χ1n) is 6.12. The van der Waals surface area contributed by atoms with E-state index in [-0.39, 0.29) is 5.56 Å². The molecular weight excluding hydrogens is 233 g/mol. The van der Waals surface area contributed by atoms with Gasteiger partial charge in [0.25, 0.3) is 11.7 Å². The van der Waals surface area contributed by atoms with Crippen molar-refractivity contribution < 1.29 is 14.0 Å². The molecule has 1 aliphatic rings. The van der Waals surface area contributed by atoms with E-state index in [0.29, 0.717) is 23.7 Å². The molecule has 0 fully saturated rings. The molecule has 1 unspecified atom stereocenters. The molecule has 96 valence electrons. The van der Waals surface area contributed by atoms with Gasteiger partial charge in [0.05, 0.1) is 11.3 Å². The fourth-order valence-corrected chi connectivity index (χ4v) is 2.22. The van der Waals surface area contributed by atoms with Crippen LogP contribution in [-0.2, 0) is 4.79 Å². The Balaban J connectivity index is 2.48. The van der Waals surface area contributed by atoms with Crippen LogP contribution in [0.25, 0.3) is 0 Å². The van der Waals surface area contributed by atoms with Gasteiger partial charge in [-0.15, -0.1) is 0 Å². The van der Waals surface area contributed by atoms with Crippen LogP contribution >= 0.6 is 0 Å². The van der Waals surface area contributed by atoms with Gasteiger partial charge < -0.3 is 4.90 Å². The minimum atomic E-state index is -0.601. The molecule has 4 heteroatoms. The van der Waals surface area contributed by atoms with E-state index in [0.717, 1.165) is 12.5 Å². The van der Waals surface area contributed by atoms with Crippen LogP contribution < -0.4 is 4.90 Å². The molecule has 1 amide bonds. The molecule has 1 heterocycles. The van der Waals surface area contributed by atoms with Gasteiger partial charge in [0.1, 0.15) is 5.82 Å². The lowest BCUT2D eigenvalue weighted by Crippen LogP contribution is -2.33. The Morgan fingerprint density at radius 1 is 1.33 bits per heavy atom. The van der Waals surface area contributed by atoms with Crippen LogP contribution in [0.3, 0.4) is 0 Å². The zero-order valence-corrected chi connectivity index (χ0v) is 10.8. The molecule has 0 radical (unpaired) electrons. The Kier molecular flexibility index (Phi) is 3.20. The number of hydrogen-bond acceptors (Lipinski definition) is 2. The van der Waals surface area contributed by atoms with Crippen LogP contribution in [0.4, 0.5) is 10.1 Å². The summed E-state index contributed by atoms with van der Waals surface area (Å²) in [6, 6.07) is 2.51. The summed E-state index contributed by atoms with van der Waals surface area (Å²) in [4.78, 5) is 25.2. The van der Waals surface area contributed by atoms with Gasteiger partial charge in [-0.2, -0.15) is 0 Å². The lowest BCUT2D eigenvalue weighted by atomic mass is 10.1. The number of anilines is 1. The molecule has 0 aliphatic carbocycles. The number of nitrogens with zero attached hydrogens (tertiary/aromatic N) is 1. The van der Waals surface area contributed by atoms with E-state index in [1.807, 2.05) is 13.8 Å². The van der Waals surface area contributed by atoms with Crippen molar-refractivity contribution in [2.24, 2.45) is 5.92 Å². The second kappa shape index (κ2) is 4.52. The Morgan fingerprint density at radius 2 is 2.00 bits per heavy atom. The average Bonchev–Trinajstić information content (AvgIpc) is 2.54. The molecule has 0 N–H and O–H groups in total. The van der Waals surface area contributed by atoms with Crippen molar-refractivity contribution in [1.82, 2.24) is 0 Å². The standard InChI is InChI=1S/C14H16FNO2/c1-4-8(2)7-16-12-9(3)5-10(15)6-11(12)13(17)14(16)18/h5-6,8H,4,7H2,1-3H3. The summed E-state index contributed by atoms with van der Waals surface area (Å²) < 4.78 is 13.3. The van der Waals surface area contributed by atoms with Crippen LogP contribution in [0, 0.1) is 18.7 Å². The van der Waals surface area contributed by atoms with E-state index in [1.165, 1.54) is 11.0 Å². The Labute approximate surface area is 106 Å². The monoisotopic (exact) mass is 249 g/mol. The van der Waals surface area contributed by atoms with Crippen molar-refractivity contribution in [3.8, 4) is 0 Å². The zero-order chi connectivity index (χ0) is 13.4. The van der Waals surface area contributed by atoms with E-state index >= 15 is 0 Å². The highest BCUT2D eigenvalue weighted by Crippen LogP contribution is 2.33. The molecule has 0 saturated carbocycles. The molecule has 1 atom stereocenters. The topological polar surface area (TPSA) is 37.4 Å². The highest BCUT2D eigenvalue weighted by molar-refractivity contribution is 6.52. The summed E-state index contributed by atoms with van der Waals surface area (Å²) in [5.74, 6) is -1.31. The van der Waals surface area contributed by atoms with Crippen LogP contribution in [0.1, 0.15) is 36.2 Å². The third kappa shape index (κ3) is 1.92. The van der Waals surface area contributed by atoms with E-state index in [2.05, 4.69) is 0 Å². The maximum absolute atomic E-state index is 13.3. The van der Waals surface area contributed by atoms with Crippen molar-refractivity contribution >= 4 is 17.4 Å². The SMILES string of the molecule is CCC(C)CN1C(=O)C(=O)c2cc(F)cc(C)c21.